The van der Waals surface area contributed by atoms with Crippen molar-refractivity contribution in [2.75, 3.05) is 6.26 Å². The largest absolute Gasteiger partial charge is 0.276 e. The van der Waals surface area contributed by atoms with Gasteiger partial charge in [0.05, 0.1) is 4.90 Å². The van der Waals surface area contributed by atoms with Crippen LogP contribution in [-0.2, 0) is 9.93 Å². The number of thiol groups is 1. The number of hydrogen-bond donors (Lipinski definition) is 1. The standard InChI is InChI=1S/C13H8F6OS/c1-21(20,7-4-2-3-6(14)5-7)13-11(18)9(16)8(15)10(17)12(13)19/h2-5,21H,1H3. The molecule has 0 heterocycles. The summed E-state index contributed by atoms with van der Waals surface area (Å²) in [6.45, 7) is 0. The summed E-state index contributed by atoms with van der Waals surface area (Å²) in [5.41, 5.74) is 0. The zero-order chi connectivity index (χ0) is 15.9. The fraction of sp³-hybridized carbons (Fsp3) is 0.0769. The van der Waals surface area contributed by atoms with Gasteiger partial charge in [0.1, 0.15) is 5.82 Å². The van der Waals surface area contributed by atoms with Gasteiger partial charge < -0.3 is 0 Å². The lowest BCUT2D eigenvalue weighted by atomic mass is 10.3. The zero-order valence-electron chi connectivity index (χ0n) is 10.4. The molecule has 114 valence electrons. The van der Waals surface area contributed by atoms with E-state index in [1.807, 2.05) is 0 Å². The summed E-state index contributed by atoms with van der Waals surface area (Å²) in [5.74, 6) is -11.9. The van der Waals surface area contributed by atoms with Crippen LogP contribution in [0.4, 0.5) is 26.3 Å². The fourth-order valence-corrected chi connectivity index (χ4v) is 3.78. The summed E-state index contributed by atoms with van der Waals surface area (Å²) in [5, 5.41) is 0. The van der Waals surface area contributed by atoms with Gasteiger partial charge in [0.25, 0.3) is 0 Å². The Morgan fingerprint density at radius 3 is 1.76 bits per heavy atom. The van der Waals surface area contributed by atoms with Crippen LogP contribution in [-0.4, -0.2) is 10.5 Å². The summed E-state index contributed by atoms with van der Waals surface area (Å²) in [6.07, 6.45) is 0.806. The van der Waals surface area contributed by atoms with E-state index in [0.717, 1.165) is 30.5 Å². The maximum atomic E-state index is 13.7. The van der Waals surface area contributed by atoms with Gasteiger partial charge in [-0.2, -0.15) is 0 Å². The lowest BCUT2D eigenvalue weighted by Gasteiger charge is -2.21. The van der Waals surface area contributed by atoms with Gasteiger partial charge in [0.15, 0.2) is 23.3 Å². The Morgan fingerprint density at radius 1 is 0.810 bits per heavy atom. The van der Waals surface area contributed by atoms with Crippen molar-refractivity contribution in [1.82, 2.24) is 0 Å². The molecule has 1 nitrogen and oxygen atoms in total. The lowest BCUT2D eigenvalue weighted by molar-refractivity contribution is 0.359. The highest BCUT2D eigenvalue weighted by molar-refractivity contribution is 8.02. The molecule has 0 fully saturated rings. The minimum atomic E-state index is -4.21. The molecule has 2 aromatic rings. The highest BCUT2D eigenvalue weighted by Gasteiger charge is 2.32. The maximum Gasteiger partial charge on any atom is 0.200 e. The summed E-state index contributed by atoms with van der Waals surface area (Å²) < 4.78 is 92.4. The Kier molecular flexibility index (Phi) is 3.83. The predicted molar refractivity (Wildman–Crippen MR) is 64.6 cm³/mol. The second kappa shape index (κ2) is 5.18. The van der Waals surface area contributed by atoms with Crippen molar-refractivity contribution < 1.29 is 30.6 Å². The van der Waals surface area contributed by atoms with Gasteiger partial charge in [-0.15, -0.1) is 0 Å². The Hall–Kier alpha value is -1.83. The number of benzene rings is 2. The van der Waals surface area contributed by atoms with Crippen LogP contribution in [0.25, 0.3) is 0 Å². The number of rotatable bonds is 2. The highest BCUT2D eigenvalue weighted by Crippen LogP contribution is 2.34. The topological polar surface area (TPSA) is 17.1 Å². The molecular formula is C13H8F6OS. The molecule has 0 atom stereocenters. The van der Waals surface area contributed by atoms with Crippen molar-refractivity contribution in [3.63, 3.8) is 0 Å². The van der Waals surface area contributed by atoms with Crippen LogP contribution >= 0.6 is 0 Å². The van der Waals surface area contributed by atoms with Crippen molar-refractivity contribution in [3.8, 4) is 0 Å². The first-order chi connectivity index (χ1) is 9.67. The minimum absolute atomic E-state index is 0.356. The Bertz CT molecular complexity index is 744. The zero-order valence-corrected chi connectivity index (χ0v) is 11.3. The minimum Gasteiger partial charge on any atom is -0.276 e. The van der Waals surface area contributed by atoms with E-state index in [9.17, 15) is 30.6 Å². The van der Waals surface area contributed by atoms with Crippen molar-refractivity contribution >= 4 is 9.93 Å². The van der Waals surface area contributed by atoms with Gasteiger partial charge in [-0.25, -0.2) is 26.3 Å². The second-order valence-electron chi connectivity index (χ2n) is 4.32. The van der Waals surface area contributed by atoms with Gasteiger partial charge >= 0.3 is 0 Å². The Balaban J connectivity index is 2.80. The lowest BCUT2D eigenvalue weighted by Crippen LogP contribution is -2.18. The van der Waals surface area contributed by atoms with Crippen LogP contribution in [0.1, 0.15) is 0 Å². The third-order valence-electron chi connectivity index (χ3n) is 2.91. The maximum absolute atomic E-state index is 13.7. The van der Waals surface area contributed by atoms with E-state index >= 15 is 0 Å². The molecule has 0 N–H and O–H groups in total. The molecule has 0 spiro atoms. The highest BCUT2D eigenvalue weighted by atomic mass is 32.2. The first-order valence-corrected chi connectivity index (χ1v) is 7.69. The smallest absolute Gasteiger partial charge is 0.200 e. The molecule has 0 aromatic heterocycles. The molecule has 0 amide bonds. The molecule has 21 heavy (non-hydrogen) atoms. The average molecular weight is 326 g/mol. The van der Waals surface area contributed by atoms with Gasteiger partial charge in [0.2, 0.25) is 5.82 Å². The van der Waals surface area contributed by atoms with Gasteiger partial charge in [-0.1, -0.05) is 16.0 Å². The summed E-state index contributed by atoms with van der Waals surface area (Å²) >= 11 is 0. The van der Waals surface area contributed by atoms with E-state index < -0.39 is 49.7 Å². The third-order valence-corrected chi connectivity index (χ3v) is 5.42. The van der Waals surface area contributed by atoms with E-state index in [4.69, 9.17) is 0 Å². The Morgan fingerprint density at radius 2 is 1.29 bits per heavy atom. The molecule has 0 saturated heterocycles. The van der Waals surface area contributed by atoms with E-state index in [-0.39, 0.29) is 4.90 Å². The van der Waals surface area contributed by atoms with Crippen LogP contribution in [0.2, 0.25) is 0 Å². The molecule has 0 unspecified atom stereocenters. The number of halogens is 6. The molecule has 0 bridgehead atoms. The van der Waals surface area contributed by atoms with E-state index in [1.54, 1.807) is 0 Å². The number of hydrogen-bond acceptors (Lipinski definition) is 1. The van der Waals surface area contributed by atoms with Gasteiger partial charge in [-0.05, 0) is 24.5 Å². The van der Waals surface area contributed by atoms with Crippen molar-refractivity contribution in [2.24, 2.45) is 0 Å². The van der Waals surface area contributed by atoms with Crippen LogP contribution in [0.3, 0.4) is 0 Å². The molecule has 0 radical (unpaired) electrons. The van der Waals surface area contributed by atoms with Crippen LogP contribution in [0, 0.1) is 34.9 Å². The molecule has 2 rings (SSSR count). The normalized spacial score (nSPS) is 12.5. The molecular weight excluding hydrogens is 318 g/mol. The molecule has 0 saturated carbocycles. The van der Waals surface area contributed by atoms with Crippen molar-refractivity contribution in [2.45, 2.75) is 9.79 Å². The molecule has 2 aromatic carbocycles. The first kappa shape index (κ1) is 15.6. The van der Waals surface area contributed by atoms with Crippen LogP contribution in [0.5, 0.6) is 0 Å². The van der Waals surface area contributed by atoms with Crippen molar-refractivity contribution in [3.05, 3.63) is 59.2 Å². The van der Waals surface area contributed by atoms with E-state index in [0.29, 0.717) is 0 Å². The molecule has 0 aliphatic rings. The van der Waals surface area contributed by atoms with Gasteiger partial charge in [-0.3, -0.25) is 4.21 Å². The Labute approximate surface area is 116 Å². The summed E-state index contributed by atoms with van der Waals surface area (Å²) in [4.78, 5) is -1.80. The SMILES string of the molecule is C[SH](=O)(c1cccc(F)c1)c1c(F)c(F)c(F)c(F)c1F. The quantitative estimate of drug-likeness (QED) is 0.386. The average Bonchev–Trinajstić information content (AvgIpc) is 2.43. The van der Waals surface area contributed by atoms with Crippen LogP contribution < -0.4 is 0 Å². The van der Waals surface area contributed by atoms with E-state index in [2.05, 4.69) is 0 Å². The third kappa shape index (κ3) is 2.44. The second-order valence-corrected chi connectivity index (χ2v) is 7.13. The van der Waals surface area contributed by atoms with Gasteiger partial charge in [0, 0.05) is 4.90 Å². The first-order valence-electron chi connectivity index (χ1n) is 5.53. The molecule has 0 aliphatic carbocycles. The van der Waals surface area contributed by atoms with Crippen molar-refractivity contribution in [1.29, 1.82) is 0 Å². The monoisotopic (exact) mass is 326 g/mol. The fourth-order valence-electron chi connectivity index (χ4n) is 1.84. The molecule has 0 aliphatic heterocycles. The molecule has 8 heteroatoms. The van der Waals surface area contributed by atoms with E-state index in [1.165, 1.54) is 0 Å². The van der Waals surface area contributed by atoms with Crippen LogP contribution in [0.15, 0.2) is 34.1 Å². The summed E-state index contributed by atoms with van der Waals surface area (Å²) in [7, 11) is -4.21. The predicted octanol–water partition coefficient (Wildman–Crippen LogP) is 3.59. The summed E-state index contributed by atoms with van der Waals surface area (Å²) in [6, 6.07) is 3.91.